The molecule has 1 saturated heterocycles. The summed E-state index contributed by atoms with van der Waals surface area (Å²) in [5.74, 6) is -0.205. The highest BCUT2D eigenvalue weighted by Gasteiger charge is 2.28. The molecule has 0 spiro atoms. The third-order valence-corrected chi connectivity index (χ3v) is 6.97. The Hall–Kier alpha value is -1.80. The summed E-state index contributed by atoms with van der Waals surface area (Å²) in [5, 5.41) is 3.59. The summed E-state index contributed by atoms with van der Waals surface area (Å²) in [4.78, 5) is 13.4. The van der Waals surface area contributed by atoms with Crippen LogP contribution in [0.25, 0.3) is 0 Å². The van der Waals surface area contributed by atoms with Crippen LogP contribution in [-0.2, 0) is 14.8 Å². The first-order valence-electron chi connectivity index (χ1n) is 8.35. The number of carbonyl (C=O) groups is 1. The second-order valence-electron chi connectivity index (χ2n) is 6.20. The molecule has 0 radical (unpaired) electrons. The Kier molecular flexibility index (Phi) is 5.95. The minimum Gasteiger partial charge on any atom is -0.369 e. The normalized spacial score (nSPS) is 15.6. The Morgan fingerprint density at radius 3 is 2.15 bits per heavy atom. The van der Waals surface area contributed by atoms with Gasteiger partial charge in [0.05, 0.1) is 14.9 Å². The number of benzene rings is 2. The molecule has 1 aliphatic rings. The predicted molar refractivity (Wildman–Crippen MR) is 108 cm³/mol. The maximum Gasteiger partial charge on any atom is 0.243 e. The van der Waals surface area contributed by atoms with E-state index >= 15 is 0 Å². The predicted octanol–water partition coefficient (Wildman–Crippen LogP) is 3.46. The lowest BCUT2D eigenvalue weighted by molar-refractivity contribution is -0.114. The molecule has 0 unspecified atom stereocenters. The smallest absolute Gasteiger partial charge is 0.243 e. The van der Waals surface area contributed by atoms with Crippen LogP contribution in [0.3, 0.4) is 0 Å². The van der Waals surface area contributed by atoms with E-state index in [4.69, 9.17) is 23.2 Å². The van der Waals surface area contributed by atoms with Crippen LogP contribution in [0, 0.1) is 0 Å². The molecule has 0 saturated carbocycles. The van der Waals surface area contributed by atoms with E-state index in [1.54, 1.807) is 24.3 Å². The van der Waals surface area contributed by atoms with E-state index in [2.05, 4.69) is 10.2 Å². The average Bonchev–Trinajstić information content (AvgIpc) is 2.64. The van der Waals surface area contributed by atoms with Crippen molar-refractivity contribution in [3.8, 4) is 0 Å². The Bertz CT molecular complexity index is 941. The lowest BCUT2D eigenvalue weighted by Crippen LogP contribution is -2.48. The van der Waals surface area contributed by atoms with Crippen LogP contribution in [0.15, 0.2) is 47.4 Å². The number of piperazine rings is 1. The minimum atomic E-state index is -3.58. The van der Waals surface area contributed by atoms with Crippen molar-refractivity contribution in [2.24, 2.45) is 0 Å². The maximum atomic E-state index is 12.8. The minimum absolute atomic E-state index is 0.205. The molecule has 1 aliphatic heterocycles. The fourth-order valence-electron chi connectivity index (χ4n) is 2.93. The van der Waals surface area contributed by atoms with Crippen LogP contribution < -0.4 is 10.2 Å². The van der Waals surface area contributed by atoms with Gasteiger partial charge in [0.25, 0.3) is 0 Å². The van der Waals surface area contributed by atoms with Crippen molar-refractivity contribution in [3.05, 3.63) is 52.5 Å². The Morgan fingerprint density at radius 2 is 1.59 bits per heavy atom. The summed E-state index contributed by atoms with van der Waals surface area (Å²) in [6.45, 7) is 3.26. The molecule has 9 heteroatoms. The highest BCUT2D eigenvalue weighted by Crippen LogP contribution is 2.28. The maximum absolute atomic E-state index is 12.8. The number of sulfonamides is 1. The zero-order valence-electron chi connectivity index (χ0n) is 14.7. The van der Waals surface area contributed by atoms with Crippen molar-refractivity contribution in [1.82, 2.24) is 4.31 Å². The van der Waals surface area contributed by atoms with Crippen LogP contribution in [-0.4, -0.2) is 44.8 Å². The van der Waals surface area contributed by atoms with Crippen molar-refractivity contribution < 1.29 is 13.2 Å². The number of nitrogens with one attached hydrogen (secondary N) is 1. The average molecular weight is 428 g/mol. The number of halogens is 2. The second kappa shape index (κ2) is 8.06. The fourth-order valence-corrected chi connectivity index (χ4v) is 4.65. The Morgan fingerprint density at radius 1 is 0.963 bits per heavy atom. The quantitative estimate of drug-likeness (QED) is 0.810. The molecule has 1 heterocycles. The topological polar surface area (TPSA) is 69.7 Å². The highest BCUT2D eigenvalue weighted by atomic mass is 35.5. The van der Waals surface area contributed by atoms with Gasteiger partial charge in [0.15, 0.2) is 0 Å². The fraction of sp³-hybridized carbons (Fsp3) is 0.278. The zero-order valence-corrected chi connectivity index (χ0v) is 17.0. The van der Waals surface area contributed by atoms with Gasteiger partial charge in [-0.3, -0.25) is 4.79 Å². The molecular weight excluding hydrogens is 409 g/mol. The first kappa shape index (κ1) is 19.9. The molecule has 0 aliphatic carbocycles. The van der Waals surface area contributed by atoms with Crippen LogP contribution in [0.1, 0.15) is 6.92 Å². The molecular formula is C18H19Cl2N3O3S. The lowest BCUT2D eigenvalue weighted by Gasteiger charge is -2.35. The molecule has 0 atom stereocenters. The Labute approximate surface area is 168 Å². The molecule has 27 heavy (non-hydrogen) atoms. The SMILES string of the molecule is CC(=O)Nc1ccc(S(=O)(=O)N2CCN(c3ccc(Cl)c(Cl)c3)CC2)cc1. The summed E-state index contributed by atoms with van der Waals surface area (Å²) < 4.78 is 27.2. The number of carbonyl (C=O) groups excluding carboxylic acids is 1. The number of nitrogens with zero attached hydrogens (tertiary/aromatic N) is 2. The van der Waals surface area contributed by atoms with E-state index in [1.807, 2.05) is 6.07 Å². The summed E-state index contributed by atoms with van der Waals surface area (Å²) in [6.07, 6.45) is 0. The summed E-state index contributed by atoms with van der Waals surface area (Å²) >= 11 is 12.0. The van der Waals surface area contributed by atoms with Crippen molar-refractivity contribution >= 4 is 50.5 Å². The molecule has 1 amide bonds. The van der Waals surface area contributed by atoms with Gasteiger partial charge >= 0.3 is 0 Å². The molecule has 0 bridgehead atoms. The number of hydrogen-bond acceptors (Lipinski definition) is 4. The third-order valence-electron chi connectivity index (χ3n) is 4.32. The standard InChI is InChI=1S/C18H19Cl2N3O3S/c1-13(24)21-14-2-5-16(6-3-14)27(25,26)23-10-8-22(9-11-23)15-4-7-17(19)18(20)12-15/h2-7,12H,8-11H2,1H3,(H,21,24). The number of amides is 1. The molecule has 144 valence electrons. The van der Waals surface area contributed by atoms with E-state index in [-0.39, 0.29) is 10.8 Å². The van der Waals surface area contributed by atoms with E-state index in [9.17, 15) is 13.2 Å². The van der Waals surface area contributed by atoms with Crippen LogP contribution >= 0.6 is 23.2 Å². The van der Waals surface area contributed by atoms with Crippen LogP contribution in [0.2, 0.25) is 10.0 Å². The molecule has 0 aromatic heterocycles. The van der Waals surface area contributed by atoms with Gasteiger partial charge in [0, 0.05) is 44.5 Å². The molecule has 6 nitrogen and oxygen atoms in total. The highest BCUT2D eigenvalue weighted by molar-refractivity contribution is 7.89. The monoisotopic (exact) mass is 427 g/mol. The molecule has 3 rings (SSSR count). The van der Waals surface area contributed by atoms with Crippen LogP contribution in [0.4, 0.5) is 11.4 Å². The van der Waals surface area contributed by atoms with Gasteiger partial charge in [-0.15, -0.1) is 0 Å². The number of hydrogen-bond donors (Lipinski definition) is 1. The summed E-state index contributed by atoms with van der Waals surface area (Å²) in [5.41, 5.74) is 1.48. The molecule has 2 aromatic carbocycles. The van der Waals surface area contributed by atoms with E-state index < -0.39 is 10.0 Å². The second-order valence-corrected chi connectivity index (χ2v) is 8.95. The molecule has 1 fully saturated rings. The number of rotatable bonds is 4. The molecule has 2 aromatic rings. The summed E-state index contributed by atoms with van der Waals surface area (Å²) in [6, 6.07) is 11.6. The van der Waals surface area contributed by atoms with Crippen molar-refractivity contribution in [1.29, 1.82) is 0 Å². The molecule has 1 N–H and O–H groups in total. The van der Waals surface area contributed by atoms with Crippen molar-refractivity contribution in [3.63, 3.8) is 0 Å². The van der Waals surface area contributed by atoms with E-state index in [0.29, 0.717) is 41.9 Å². The lowest BCUT2D eigenvalue weighted by atomic mass is 10.2. The first-order valence-corrected chi connectivity index (χ1v) is 10.5. The van der Waals surface area contributed by atoms with Gasteiger partial charge in [-0.2, -0.15) is 4.31 Å². The van der Waals surface area contributed by atoms with Gasteiger partial charge in [0.2, 0.25) is 15.9 Å². The van der Waals surface area contributed by atoms with Gasteiger partial charge < -0.3 is 10.2 Å². The summed E-state index contributed by atoms with van der Waals surface area (Å²) in [7, 11) is -3.58. The van der Waals surface area contributed by atoms with Crippen molar-refractivity contribution in [2.75, 3.05) is 36.4 Å². The van der Waals surface area contributed by atoms with E-state index in [0.717, 1.165) is 5.69 Å². The van der Waals surface area contributed by atoms with Crippen LogP contribution in [0.5, 0.6) is 0 Å². The first-order chi connectivity index (χ1) is 12.8. The van der Waals surface area contributed by atoms with Gasteiger partial charge in [-0.05, 0) is 42.5 Å². The van der Waals surface area contributed by atoms with Gasteiger partial charge in [-0.25, -0.2) is 8.42 Å². The third kappa shape index (κ3) is 4.55. The van der Waals surface area contributed by atoms with Gasteiger partial charge in [-0.1, -0.05) is 23.2 Å². The van der Waals surface area contributed by atoms with E-state index in [1.165, 1.54) is 23.4 Å². The Balaban J connectivity index is 1.69. The van der Waals surface area contributed by atoms with Crippen molar-refractivity contribution in [2.45, 2.75) is 11.8 Å². The van der Waals surface area contributed by atoms with Gasteiger partial charge in [0.1, 0.15) is 0 Å². The number of anilines is 2. The zero-order chi connectivity index (χ0) is 19.6. The largest absolute Gasteiger partial charge is 0.369 e.